The van der Waals surface area contributed by atoms with Crippen molar-refractivity contribution in [2.45, 2.75) is 285 Å². The second-order valence-corrected chi connectivity index (χ2v) is 19.0. The van der Waals surface area contributed by atoms with Gasteiger partial charge in [-0.15, -0.1) is 0 Å². The molecule has 0 aliphatic rings. The van der Waals surface area contributed by atoms with Crippen LogP contribution in [0, 0.1) is 17.8 Å². The van der Waals surface area contributed by atoms with E-state index in [4.69, 9.17) is 14.2 Å². The molecule has 0 spiro atoms. The molecule has 58 heavy (non-hydrogen) atoms. The van der Waals surface area contributed by atoms with Crippen molar-refractivity contribution in [3.8, 4) is 0 Å². The van der Waals surface area contributed by atoms with E-state index in [0.29, 0.717) is 19.3 Å². The summed E-state index contributed by atoms with van der Waals surface area (Å²) < 4.78 is 16.8. The fourth-order valence-electron chi connectivity index (χ4n) is 7.73. The number of hydrogen-bond donors (Lipinski definition) is 0. The van der Waals surface area contributed by atoms with Gasteiger partial charge in [-0.1, -0.05) is 241 Å². The van der Waals surface area contributed by atoms with E-state index < -0.39 is 6.10 Å². The summed E-state index contributed by atoms with van der Waals surface area (Å²) in [4.78, 5) is 37.9. The van der Waals surface area contributed by atoms with Gasteiger partial charge in [0.25, 0.3) is 0 Å². The molecule has 0 aromatic carbocycles. The van der Waals surface area contributed by atoms with Crippen molar-refractivity contribution in [3.63, 3.8) is 0 Å². The van der Waals surface area contributed by atoms with Gasteiger partial charge >= 0.3 is 17.9 Å². The second kappa shape index (κ2) is 43.5. The quantitative estimate of drug-likeness (QED) is 0.0346. The van der Waals surface area contributed by atoms with Gasteiger partial charge in [-0.3, -0.25) is 14.4 Å². The Bertz CT molecular complexity index is 900. The van der Waals surface area contributed by atoms with Crippen molar-refractivity contribution in [2.75, 3.05) is 13.2 Å². The van der Waals surface area contributed by atoms with Gasteiger partial charge in [0.05, 0.1) is 0 Å². The van der Waals surface area contributed by atoms with Gasteiger partial charge in [0.1, 0.15) is 13.2 Å². The van der Waals surface area contributed by atoms with Crippen molar-refractivity contribution in [1.29, 1.82) is 0 Å². The number of esters is 3. The summed E-state index contributed by atoms with van der Waals surface area (Å²) in [5.41, 5.74) is 0. The average Bonchev–Trinajstić information content (AvgIpc) is 3.19. The maximum atomic E-state index is 12.8. The lowest BCUT2D eigenvalue weighted by molar-refractivity contribution is -0.167. The summed E-state index contributed by atoms with van der Waals surface area (Å²) in [7, 11) is 0. The minimum atomic E-state index is -0.763. The number of carbonyl (C=O) groups is 3. The Labute approximate surface area is 361 Å². The molecule has 0 amide bonds. The molecular formula is C52H100O6. The zero-order chi connectivity index (χ0) is 42.7. The highest BCUT2D eigenvalue weighted by atomic mass is 16.6. The standard InChI is InChI=1S/C52H100O6/c1-7-48(6)40-34-28-22-18-19-24-30-36-42-51(54)57-45-49(58-52(55)43-37-31-25-17-13-12-15-21-27-33-39-47(4)5)44-56-50(53)41-35-29-23-16-11-9-8-10-14-20-26-32-38-46(2)3/h46-49H,7-45H2,1-6H3/t48?,49-/m1/s1. The molecule has 6 nitrogen and oxygen atoms in total. The summed E-state index contributed by atoms with van der Waals surface area (Å²) >= 11 is 0. The third-order valence-corrected chi connectivity index (χ3v) is 12.0. The van der Waals surface area contributed by atoms with E-state index in [1.807, 2.05) is 0 Å². The SMILES string of the molecule is CCC(C)CCCCCCCCCCC(=O)OC[C@@H](COC(=O)CCCCCCCCCCCCCCC(C)C)OC(=O)CCCCCCCCCCCCC(C)C. The van der Waals surface area contributed by atoms with Crippen molar-refractivity contribution in [3.05, 3.63) is 0 Å². The first-order valence-electron chi connectivity index (χ1n) is 25.6. The Kier molecular flexibility index (Phi) is 42.3. The lowest BCUT2D eigenvalue weighted by atomic mass is 9.99. The van der Waals surface area contributed by atoms with Crippen molar-refractivity contribution >= 4 is 17.9 Å². The van der Waals surface area contributed by atoms with Crippen LogP contribution in [-0.2, 0) is 28.6 Å². The Morgan fingerprint density at radius 1 is 0.345 bits per heavy atom. The molecule has 0 heterocycles. The third-order valence-electron chi connectivity index (χ3n) is 12.0. The molecule has 6 heteroatoms. The molecule has 1 unspecified atom stereocenters. The number of carbonyl (C=O) groups excluding carboxylic acids is 3. The van der Waals surface area contributed by atoms with E-state index in [1.165, 1.54) is 161 Å². The van der Waals surface area contributed by atoms with Crippen LogP contribution in [0.4, 0.5) is 0 Å². The zero-order valence-corrected chi connectivity index (χ0v) is 39.8. The summed E-state index contributed by atoms with van der Waals surface area (Å²) in [6.07, 6.45) is 42.3. The molecule has 0 fully saturated rings. The van der Waals surface area contributed by atoms with E-state index in [1.54, 1.807) is 0 Å². The van der Waals surface area contributed by atoms with Crippen LogP contribution in [-0.4, -0.2) is 37.2 Å². The summed E-state index contributed by atoms with van der Waals surface area (Å²) in [5.74, 6) is 1.64. The molecule has 0 saturated carbocycles. The predicted molar refractivity (Wildman–Crippen MR) is 247 cm³/mol. The Hall–Kier alpha value is -1.59. The first kappa shape index (κ1) is 56.4. The second-order valence-electron chi connectivity index (χ2n) is 19.0. The lowest BCUT2D eigenvalue weighted by Crippen LogP contribution is -2.30. The highest BCUT2D eigenvalue weighted by Gasteiger charge is 2.19. The molecule has 0 aliphatic heterocycles. The minimum absolute atomic E-state index is 0.0651. The van der Waals surface area contributed by atoms with Gasteiger partial charge < -0.3 is 14.2 Å². The highest BCUT2D eigenvalue weighted by molar-refractivity contribution is 5.71. The average molecular weight is 821 g/mol. The highest BCUT2D eigenvalue weighted by Crippen LogP contribution is 2.18. The number of ether oxygens (including phenoxy) is 3. The number of rotatable bonds is 45. The molecule has 0 aliphatic carbocycles. The van der Waals surface area contributed by atoms with Crippen molar-refractivity contribution in [2.24, 2.45) is 17.8 Å². The van der Waals surface area contributed by atoms with Crippen LogP contribution in [0.2, 0.25) is 0 Å². The van der Waals surface area contributed by atoms with E-state index in [-0.39, 0.29) is 31.1 Å². The van der Waals surface area contributed by atoms with Crippen LogP contribution < -0.4 is 0 Å². The van der Waals surface area contributed by atoms with Crippen LogP contribution >= 0.6 is 0 Å². The van der Waals surface area contributed by atoms with E-state index in [2.05, 4.69) is 41.5 Å². The maximum absolute atomic E-state index is 12.8. The summed E-state index contributed by atoms with van der Waals surface area (Å²) in [5, 5.41) is 0. The molecule has 0 N–H and O–H groups in total. The molecule has 0 aromatic heterocycles. The van der Waals surface area contributed by atoms with Gasteiger partial charge in [-0.2, -0.15) is 0 Å². The first-order valence-corrected chi connectivity index (χ1v) is 25.6. The van der Waals surface area contributed by atoms with Gasteiger partial charge in [-0.05, 0) is 37.0 Å². The fraction of sp³-hybridized carbons (Fsp3) is 0.942. The lowest BCUT2D eigenvalue weighted by Gasteiger charge is -2.18. The van der Waals surface area contributed by atoms with Gasteiger partial charge in [0.15, 0.2) is 6.10 Å². The third kappa shape index (κ3) is 44.0. The van der Waals surface area contributed by atoms with Crippen molar-refractivity contribution in [1.82, 2.24) is 0 Å². The van der Waals surface area contributed by atoms with Crippen LogP contribution in [0.15, 0.2) is 0 Å². The molecule has 0 aromatic rings. The largest absolute Gasteiger partial charge is 0.462 e. The van der Waals surface area contributed by atoms with E-state index in [9.17, 15) is 14.4 Å². The molecule has 0 saturated heterocycles. The molecular weight excluding hydrogens is 721 g/mol. The molecule has 0 radical (unpaired) electrons. The van der Waals surface area contributed by atoms with Crippen LogP contribution in [0.1, 0.15) is 279 Å². The predicted octanol–water partition coefficient (Wildman–Crippen LogP) is 16.4. The first-order chi connectivity index (χ1) is 28.1. The topological polar surface area (TPSA) is 78.9 Å². The Morgan fingerprint density at radius 3 is 0.897 bits per heavy atom. The smallest absolute Gasteiger partial charge is 0.306 e. The Balaban J connectivity index is 4.33. The normalized spacial score (nSPS) is 12.6. The number of hydrogen-bond acceptors (Lipinski definition) is 6. The minimum Gasteiger partial charge on any atom is -0.462 e. The van der Waals surface area contributed by atoms with Gasteiger partial charge in [0.2, 0.25) is 0 Å². The van der Waals surface area contributed by atoms with Crippen LogP contribution in [0.3, 0.4) is 0 Å². The Morgan fingerprint density at radius 2 is 0.603 bits per heavy atom. The van der Waals surface area contributed by atoms with Crippen molar-refractivity contribution < 1.29 is 28.6 Å². The maximum Gasteiger partial charge on any atom is 0.306 e. The molecule has 2 atom stereocenters. The zero-order valence-electron chi connectivity index (χ0n) is 39.8. The van der Waals surface area contributed by atoms with Crippen LogP contribution in [0.25, 0.3) is 0 Å². The summed E-state index contributed by atoms with van der Waals surface area (Å²) in [6, 6.07) is 0. The number of unbranched alkanes of at least 4 members (excludes halogenated alkanes) is 27. The van der Waals surface area contributed by atoms with E-state index in [0.717, 1.165) is 75.5 Å². The van der Waals surface area contributed by atoms with Crippen LogP contribution in [0.5, 0.6) is 0 Å². The fourth-order valence-corrected chi connectivity index (χ4v) is 7.73. The van der Waals surface area contributed by atoms with Gasteiger partial charge in [-0.25, -0.2) is 0 Å². The molecule has 344 valence electrons. The molecule has 0 bridgehead atoms. The monoisotopic (exact) mass is 821 g/mol. The van der Waals surface area contributed by atoms with E-state index >= 15 is 0 Å². The summed E-state index contributed by atoms with van der Waals surface area (Å²) in [6.45, 7) is 13.7. The van der Waals surface area contributed by atoms with Gasteiger partial charge in [0, 0.05) is 19.3 Å². The molecule has 0 rings (SSSR count).